The minimum Gasteiger partial charge on any atom is -0.398 e. The van der Waals surface area contributed by atoms with E-state index in [9.17, 15) is 4.79 Å². The number of rotatable bonds is 1. The molecule has 0 saturated carbocycles. The summed E-state index contributed by atoms with van der Waals surface area (Å²) in [5.74, 6) is 0.444. The molecule has 0 unspecified atom stereocenters. The van der Waals surface area contributed by atoms with Gasteiger partial charge in [-0.2, -0.15) is 5.10 Å². The zero-order valence-corrected chi connectivity index (χ0v) is 8.63. The zero-order valence-electron chi connectivity index (χ0n) is 7.04. The van der Waals surface area contributed by atoms with Gasteiger partial charge in [-0.3, -0.25) is 4.98 Å². The van der Waals surface area contributed by atoms with E-state index < -0.39 is 0 Å². The quantitative estimate of drug-likeness (QED) is 0.667. The van der Waals surface area contributed by atoms with Crippen LogP contribution < -0.4 is 11.4 Å². The van der Waals surface area contributed by atoms with Gasteiger partial charge < -0.3 is 5.73 Å². The molecule has 0 amide bonds. The number of nitrogens with zero attached hydrogens (tertiary/aromatic N) is 1. The van der Waals surface area contributed by atoms with E-state index in [2.05, 4.69) is 31.1 Å². The lowest BCUT2D eigenvalue weighted by molar-refractivity contribution is 1.05. The number of benzene rings is 1. The van der Waals surface area contributed by atoms with E-state index in [1.807, 2.05) is 6.07 Å². The van der Waals surface area contributed by atoms with Crippen LogP contribution in [0.15, 0.2) is 27.5 Å². The number of aromatic nitrogens is 3. The Bertz CT molecular complexity index is 516. The molecule has 0 aliphatic carbocycles. The van der Waals surface area contributed by atoms with Gasteiger partial charge in [0.25, 0.3) is 0 Å². The summed E-state index contributed by atoms with van der Waals surface area (Å²) in [7, 11) is 0. The summed E-state index contributed by atoms with van der Waals surface area (Å²) in [6.07, 6.45) is 0. The molecule has 0 bridgehead atoms. The molecule has 6 heteroatoms. The maximum atomic E-state index is 10.8. The average molecular weight is 255 g/mol. The number of nitrogens with two attached hydrogens (primary N) is 1. The highest BCUT2D eigenvalue weighted by Gasteiger charge is 2.06. The molecule has 2 rings (SSSR count). The predicted octanol–water partition coefficient (Wildman–Crippen LogP) is 1.11. The van der Waals surface area contributed by atoms with Crippen LogP contribution in [0.4, 0.5) is 5.69 Å². The van der Waals surface area contributed by atoms with Gasteiger partial charge in [-0.1, -0.05) is 15.9 Å². The van der Waals surface area contributed by atoms with Gasteiger partial charge in [0.05, 0.1) is 0 Å². The van der Waals surface area contributed by atoms with E-state index in [4.69, 9.17) is 5.73 Å². The highest BCUT2D eigenvalue weighted by atomic mass is 79.9. The maximum absolute atomic E-state index is 10.8. The zero-order chi connectivity index (χ0) is 10.1. The number of nitrogen functional groups attached to an aromatic ring is 1. The summed E-state index contributed by atoms with van der Waals surface area (Å²) in [4.78, 5) is 13.4. The number of hydrogen-bond acceptors (Lipinski definition) is 3. The Kier molecular flexibility index (Phi) is 2.12. The van der Waals surface area contributed by atoms with Gasteiger partial charge in [-0.15, -0.1) is 0 Å². The minimum absolute atomic E-state index is 0.345. The second-order valence-corrected chi connectivity index (χ2v) is 3.67. The molecule has 0 spiro atoms. The standard InChI is InChI=1S/C8H7BrN4O/c9-4-1-2-5(6(10)3-4)7-11-8(14)13-12-7/h1-3H,10H2,(H2,11,12,13,14). The van der Waals surface area contributed by atoms with Gasteiger partial charge in [0.1, 0.15) is 0 Å². The van der Waals surface area contributed by atoms with Crippen molar-refractivity contribution in [3.63, 3.8) is 0 Å². The van der Waals surface area contributed by atoms with Gasteiger partial charge in [0, 0.05) is 15.7 Å². The van der Waals surface area contributed by atoms with Crippen molar-refractivity contribution in [2.24, 2.45) is 0 Å². The van der Waals surface area contributed by atoms with Crippen LogP contribution in [0.25, 0.3) is 11.4 Å². The fraction of sp³-hybridized carbons (Fsp3) is 0. The maximum Gasteiger partial charge on any atom is 0.340 e. The van der Waals surface area contributed by atoms with Crippen LogP contribution in [0.2, 0.25) is 0 Å². The van der Waals surface area contributed by atoms with Crippen molar-refractivity contribution in [3.05, 3.63) is 33.2 Å². The van der Waals surface area contributed by atoms with Gasteiger partial charge in [0.2, 0.25) is 0 Å². The minimum atomic E-state index is -0.345. The summed E-state index contributed by atoms with van der Waals surface area (Å²) in [5, 5.41) is 6.07. The molecule has 0 aliphatic heterocycles. The van der Waals surface area contributed by atoms with E-state index in [-0.39, 0.29) is 5.69 Å². The van der Waals surface area contributed by atoms with Crippen molar-refractivity contribution in [2.45, 2.75) is 0 Å². The topological polar surface area (TPSA) is 87.6 Å². The Morgan fingerprint density at radius 2 is 2.21 bits per heavy atom. The van der Waals surface area contributed by atoms with Crippen molar-refractivity contribution >= 4 is 21.6 Å². The monoisotopic (exact) mass is 254 g/mol. The molecule has 1 aromatic carbocycles. The third kappa shape index (κ3) is 1.56. The predicted molar refractivity (Wildman–Crippen MR) is 56.8 cm³/mol. The molecule has 1 aromatic heterocycles. The Hall–Kier alpha value is -1.56. The summed E-state index contributed by atoms with van der Waals surface area (Å²) < 4.78 is 0.886. The first kappa shape index (κ1) is 9.01. The molecule has 0 atom stereocenters. The van der Waals surface area contributed by atoms with Crippen molar-refractivity contribution in [1.29, 1.82) is 0 Å². The third-order valence-electron chi connectivity index (χ3n) is 1.77. The molecular weight excluding hydrogens is 248 g/mol. The molecule has 14 heavy (non-hydrogen) atoms. The Morgan fingerprint density at radius 3 is 2.79 bits per heavy atom. The number of nitrogens with one attached hydrogen (secondary N) is 2. The molecule has 0 saturated heterocycles. The molecule has 0 radical (unpaired) electrons. The normalized spacial score (nSPS) is 10.4. The lowest BCUT2D eigenvalue weighted by atomic mass is 10.2. The van der Waals surface area contributed by atoms with Crippen LogP contribution in [-0.4, -0.2) is 15.2 Å². The average Bonchev–Trinajstić information content (AvgIpc) is 2.51. The van der Waals surface area contributed by atoms with Crippen LogP contribution in [0.5, 0.6) is 0 Å². The second-order valence-electron chi connectivity index (χ2n) is 2.76. The van der Waals surface area contributed by atoms with E-state index in [0.29, 0.717) is 17.1 Å². The summed E-state index contributed by atoms with van der Waals surface area (Å²) in [5.41, 5.74) is 6.67. The first-order valence-electron chi connectivity index (χ1n) is 3.87. The molecule has 0 fully saturated rings. The SMILES string of the molecule is Nc1cc(Br)ccc1-c1n[nH]c(=O)[nH]1. The van der Waals surface area contributed by atoms with Crippen molar-refractivity contribution in [2.75, 3.05) is 5.73 Å². The molecule has 2 aromatic rings. The van der Waals surface area contributed by atoms with Gasteiger partial charge in [-0.05, 0) is 18.2 Å². The van der Waals surface area contributed by atoms with Crippen LogP contribution in [-0.2, 0) is 0 Å². The number of aromatic amines is 2. The smallest absolute Gasteiger partial charge is 0.340 e. The molecule has 1 heterocycles. The molecule has 0 aliphatic rings. The molecular formula is C8H7BrN4O. The number of hydrogen-bond donors (Lipinski definition) is 3. The van der Waals surface area contributed by atoms with Gasteiger partial charge >= 0.3 is 5.69 Å². The summed E-state index contributed by atoms with van der Waals surface area (Å²) in [6.45, 7) is 0. The second kappa shape index (κ2) is 3.30. The van der Waals surface area contributed by atoms with Crippen molar-refractivity contribution in [1.82, 2.24) is 15.2 Å². The van der Waals surface area contributed by atoms with Crippen LogP contribution in [0.3, 0.4) is 0 Å². The Morgan fingerprint density at radius 1 is 1.43 bits per heavy atom. The van der Waals surface area contributed by atoms with Gasteiger partial charge in [0.15, 0.2) is 5.82 Å². The van der Waals surface area contributed by atoms with Gasteiger partial charge in [-0.25, -0.2) is 9.89 Å². The Labute approximate surface area is 87.5 Å². The molecule has 72 valence electrons. The largest absolute Gasteiger partial charge is 0.398 e. The number of anilines is 1. The van der Waals surface area contributed by atoms with Crippen molar-refractivity contribution < 1.29 is 0 Å². The molecule has 4 N–H and O–H groups in total. The number of halogens is 1. The summed E-state index contributed by atoms with van der Waals surface area (Å²) >= 11 is 3.29. The fourth-order valence-electron chi connectivity index (χ4n) is 1.15. The lowest BCUT2D eigenvalue weighted by Crippen LogP contribution is -2.00. The fourth-order valence-corrected chi connectivity index (χ4v) is 1.53. The first-order chi connectivity index (χ1) is 6.66. The number of H-pyrrole nitrogens is 2. The van der Waals surface area contributed by atoms with E-state index in [1.165, 1.54) is 0 Å². The third-order valence-corrected chi connectivity index (χ3v) is 2.26. The van der Waals surface area contributed by atoms with E-state index in [0.717, 1.165) is 4.47 Å². The summed E-state index contributed by atoms with van der Waals surface area (Å²) in [6, 6.07) is 5.37. The van der Waals surface area contributed by atoms with Crippen LogP contribution in [0, 0.1) is 0 Å². The lowest BCUT2D eigenvalue weighted by Gasteiger charge is -2.01. The van der Waals surface area contributed by atoms with E-state index in [1.54, 1.807) is 12.1 Å². The van der Waals surface area contributed by atoms with Crippen LogP contribution >= 0.6 is 15.9 Å². The Balaban J connectivity index is 2.57. The van der Waals surface area contributed by atoms with Crippen molar-refractivity contribution in [3.8, 4) is 11.4 Å². The highest BCUT2D eigenvalue weighted by molar-refractivity contribution is 9.10. The highest BCUT2D eigenvalue weighted by Crippen LogP contribution is 2.24. The van der Waals surface area contributed by atoms with Crippen LogP contribution in [0.1, 0.15) is 0 Å². The van der Waals surface area contributed by atoms with E-state index >= 15 is 0 Å². The molecule has 5 nitrogen and oxygen atoms in total. The first-order valence-corrected chi connectivity index (χ1v) is 4.66.